The van der Waals surface area contributed by atoms with Crippen molar-refractivity contribution in [2.45, 2.75) is 38.3 Å². The maximum absolute atomic E-state index is 13.9. The Balaban J connectivity index is 2.02. The number of carbonyl (C=O) groups excluding carboxylic acids is 2. The van der Waals surface area contributed by atoms with Crippen molar-refractivity contribution < 1.29 is 27.5 Å². The quantitative estimate of drug-likeness (QED) is 0.345. The van der Waals surface area contributed by atoms with Gasteiger partial charge in [-0.25, -0.2) is 8.42 Å². The summed E-state index contributed by atoms with van der Waals surface area (Å²) in [6, 6.07) is 20.7. The number of amides is 2. The number of benzene rings is 3. The third kappa shape index (κ3) is 7.51. The van der Waals surface area contributed by atoms with Gasteiger partial charge in [0.25, 0.3) is 10.0 Å². The summed E-state index contributed by atoms with van der Waals surface area (Å²) in [4.78, 5) is 28.1. The van der Waals surface area contributed by atoms with Gasteiger partial charge < -0.3 is 19.7 Å². The SMILES string of the molecule is CCNC(=O)[C@H](C)N(Cc1cccc(OC)c1)C(=O)CN(c1ccc(OCC)cc1)S(=O)(=O)c1ccccc1. The van der Waals surface area contributed by atoms with Crippen molar-refractivity contribution in [1.82, 2.24) is 10.2 Å². The van der Waals surface area contributed by atoms with Gasteiger partial charge in [-0.3, -0.25) is 13.9 Å². The number of rotatable bonds is 13. The largest absolute Gasteiger partial charge is 0.497 e. The Kier molecular flexibility index (Phi) is 10.3. The Hall–Kier alpha value is -4.05. The molecule has 0 aliphatic rings. The van der Waals surface area contributed by atoms with Crippen molar-refractivity contribution in [3.05, 3.63) is 84.4 Å². The van der Waals surface area contributed by atoms with Gasteiger partial charge in [0, 0.05) is 13.1 Å². The van der Waals surface area contributed by atoms with Gasteiger partial charge in [0.2, 0.25) is 11.8 Å². The fraction of sp³-hybridized carbons (Fsp3) is 0.310. The molecule has 3 rings (SSSR count). The zero-order chi connectivity index (χ0) is 28.4. The molecular weight excluding hydrogens is 518 g/mol. The Labute approximate surface area is 230 Å². The number of nitrogens with zero attached hydrogens (tertiary/aromatic N) is 2. The molecule has 0 radical (unpaired) electrons. The summed E-state index contributed by atoms with van der Waals surface area (Å²) in [5.74, 6) is 0.305. The summed E-state index contributed by atoms with van der Waals surface area (Å²) < 4.78 is 39.4. The number of methoxy groups -OCH3 is 1. The first-order valence-electron chi connectivity index (χ1n) is 12.7. The monoisotopic (exact) mass is 553 g/mol. The van der Waals surface area contributed by atoms with Crippen molar-refractivity contribution in [1.29, 1.82) is 0 Å². The molecule has 3 aromatic rings. The van der Waals surface area contributed by atoms with Crippen LogP contribution in [0.5, 0.6) is 11.5 Å². The smallest absolute Gasteiger partial charge is 0.264 e. The number of sulfonamides is 1. The summed E-state index contributed by atoms with van der Waals surface area (Å²) in [6.45, 7) is 5.68. The van der Waals surface area contributed by atoms with Gasteiger partial charge in [-0.05, 0) is 74.9 Å². The first kappa shape index (κ1) is 29.5. The Morgan fingerprint density at radius 3 is 2.23 bits per heavy atom. The molecule has 1 N–H and O–H groups in total. The molecule has 10 heteroatoms. The molecule has 0 unspecified atom stereocenters. The Bertz CT molecular complexity index is 1350. The van der Waals surface area contributed by atoms with Crippen molar-refractivity contribution in [2.24, 2.45) is 0 Å². The van der Waals surface area contributed by atoms with Gasteiger partial charge in [0.05, 0.1) is 24.3 Å². The summed E-state index contributed by atoms with van der Waals surface area (Å²) >= 11 is 0. The van der Waals surface area contributed by atoms with Crippen molar-refractivity contribution in [3.63, 3.8) is 0 Å². The minimum atomic E-state index is -4.12. The lowest BCUT2D eigenvalue weighted by molar-refractivity contribution is -0.139. The lowest BCUT2D eigenvalue weighted by Crippen LogP contribution is -2.51. The van der Waals surface area contributed by atoms with Crippen LogP contribution in [0.1, 0.15) is 26.3 Å². The second kappa shape index (κ2) is 13.7. The molecule has 3 aromatic carbocycles. The van der Waals surface area contributed by atoms with Gasteiger partial charge >= 0.3 is 0 Å². The molecule has 0 spiro atoms. The van der Waals surface area contributed by atoms with Gasteiger partial charge in [-0.1, -0.05) is 30.3 Å². The normalized spacial score (nSPS) is 11.8. The summed E-state index contributed by atoms with van der Waals surface area (Å²) in [5, 5.41) is 2.74. The number of carbonyl (C=O) groups is 2. The number of hydrogen-bond acceptors (Lipinski definition) is 6. The van der Waals surface area contributed by atoms with Crippen LogP contribution < -0.4 is 19.1 Å². The minimum Gasteiger partial charge on any atom is -0.497 e. The van der Waals surface area contributed by atoms with E-state index < -0.39 is 28.5 Å². The maximum Gasteiger partial charge on any atom is 0.264 e. The highest BCUT2D eigenvalue weighted by Crippen LogP contribution is 2.27. The topological polar surface area (TPSA) is 105 Å². The maximum atomic E-state index is 13.9. The highest BCUT2D eigenvalue weighted by atomic mass is 32.2. The number of hydrogen-bond donors (Lipinski definition) is 1. The van der Waals surface area contributed by atoms with Gasteiger partial charge in [0.15, 0.2) is 0 Å². The number of likely N-dealkylation sites (N-methyl/N-ethyl adjacent to an activating group) is 1. The molecule has 2 amide bonds. The summed E-state index contributed by atoms with van der Waals surface area (Å²) in [5.41, 5.74) is 1.03. The number of nitrogens with one attached hydrogen (secondary N) is 1. The van der Waals surface area contributed by atoms with E-state index in [2.05, 4.69) is 5.32 Å². The van der Waals surface area contributed by atoms with E-state index in [1.54, 1.807) is 81.6 Å². The molecule has 9 nitrogen and oxygen atoms in total. The molecule has 0 saturated heterocycles. The second-order valence-electron chi connectivity index (χ2n) is 8.70. The summed E-state index contributed by atoms with van der Waals surface area (Å²) in [7, 11) is -2.58. The molecular formula is C29H35N3O6S. The number of ether oxygens (including phenoxy) is 2. The van der Waals surface area contributed by atoms with E-state index in [1.165, 1.54) is 17.0 Å². The average Bonchev–Trinajstić information content (AvgIpc) is 2.95. The predicted octanol–water partition coefficient (Wildman–Crippen LogP) is 3.84. The van der Waals surface area contributed by atoms with Crippen LogP contribution in [-0.4, -0.2) is 58.0 Å². The van der Waals surface area contributed by atoms with Crippen molar-refractivity contribution in [2.75, 3.05) is 31.1 Å². The third-order valence-electron chi connectivity index (χ3n) is 6.05. The van der Waals surface area contributed by atoms with Crippen LogP contribution in [0.3, 0.4) is 0 Å². The van der Waals surface area contributed by atoms with Crippen molar-refractivity contribution >= 4 is 27.5 Å². The predicted molar refractivity (Wildman–Crippen MR) is 150 cm³/mol. The Morgan fingerprint density at radius 2 is 1.62 bits per heavy atom. The molecule has 208 valence electrons. The third-order valence-corrected chi connectivity index (χ3v) is 7.84. The fourth-order valence-corrected chi connectivity index (χ4v) is 5.43. The van der Waals surface area contributed by atoms with E-state index in [0.29, 0.717) is 30.3 Å². The van der Waals surface area contributed by atoms with E-state index >= 15 is 0 Å². The molecule has 0 aliphatic carbocycles. The molecule has 0 aromatic heterocycles. The second-order valence-corrected chi connectivity index (χ2v) is 10.6. The molecule has 0 bridgehead atoms. The first-order valence-corrected chi connectivity index (χ1v) is 14.2. The van der Waals surface area contributed by atoms with Crippen molar-refractivity contribution in [3.8, 4) is 11.5 Å². The van der Waals surface area contributed by atoms with Gasteiger partial charge in [0.1, 0.15) is 24.1 Å². The van der Waals surface area contributed by atoms with Crippen LogP contribution in [0.25, 0.3) is 0 Å². The van der Waals surface area contributed by atoms with Gasteiger partial charge in [-0.15, -0.1) is 0 Å². The zero-order valence-corrected chi connectivity index (χ0v) is 23.5. The van der Waals surface area contributed by atoms with Crippen LogP contribution >= 0.6 is 0 Å². The highest BCUT2D eigenvalue weighted by Gasteiger charge is 2.32. The van der Waals surface area contributed by atoms with Crippen LogP contribution in [-0.2, 0) is 26.2 Å². The molecule has 1 atom stereocenters. The van der Waals surface area contributed by atoms with Crippen LogP contribution in [0.4, 0.5) is 5.69 Å². The van der Waals surface area contributed by atoms with Crippen LogP contribution in [0.15, 0.2) is 83.8 Å². The number of anilines is 1. The molecule has 39 heavy (non-hydrogen) atoms. The van der Waals surface area contributed by atoms with E-state index in [9.17, 15) is 18.0 Å². The van der Waals surface area contributed by atoms with E-state index in [-0.39, 0.29) is 17.3 Å². The highest BCUT2D eigenvalue weighted by molar-refractivity contribution is 7.92. The molecule has 0 heterocycles. The fourth-order valence-electron chi connectivity index (χ4n) is 4.00. The average molecular weight is 554 g/mol. The summed E-state index contributed by atoms with van der Waals surface area (Å²) in [6.07, 6.45) is 0. The Morgan fingerprint density at radius 1 is 0.923 bits per heavy atom. The molecule has 0 aliphatic heterocycles. The first-order chi connectivity index (χ1) is 18.7. The van der Waals surface area contributed by atoms with Gasteiger partial charge in [-0.2, -0.15) is 0 Å². The molecule has 0 fully saturated rings. The standard InChI is InChI=1S/C29H35N3O6S/c1-5-30-29(34)22(3)31(20-23-11-10-12-26(19-23)37-4)28(33)21-32(24-15-17-25(18-16-24)38-6-2)39(35,36)27-13-8-7-9-14-27/h7-19,22H,5-6,20-21H2,1-4H3,(H,30,34)/t22-/m0/s1. The lowest BCUT2D eigenvalue weighted by Gasteiger charge is -2.32. The van der Waals surface area contributed by atoms with Crippen LogP contribution in [0.2, 0.25) is 0 Å². The molecule has 0 saturated carbocycles. The van der Waals surface area contributed by atoms with Crippen LogP contribution in [0, 0.1) is 0 Å². The van der Waals surface area contributed by atoms with E-state index in [1.807, 2.05) is 13.0 Å². The zero-order valence-electron chi connectivity index (χ0n) is 22.7. The van der Waals surface area contributed by atoms with E-state index in [4.69, 9.17) is 9.47 Å². The lowest BCUT2D eigenvalue weighted by atomic mass is 10.1. The van der Waals surface area contributed by atoms with E-state index in [0.717, 1.165) is 9.87 Å². The minimum absolute atomic E-state index is 0.0443.